The lowest BCUT2D eigenvalue weighted by Crippen LogP contribution is -2.39. The van der Waals surface area contributed by atoms with Crippen LogP contribution in [0.5, 0.6) is 0 Å². The molecule has 2 atom stereocenters. The van der Waals surface area contributed by atoms with Gasteiger partial charge in [-0.1, -0.05) is 6.92 Å². The van der Waals surface area contributed by atoms with E-state index in [0.717, 1.165) is 0 Å². The lowest BCUT2D eigenvalue weighted by atomic mass is 9.72. The third kappa shape index (κ3) is 12.9. The third-order valence-corrected chi connectivity index (χ3v) is 5.93. The predicted molar refractivity (Wildman–Crippen MR) is 120 cm³/mol. The number of esters is 2. The minimum atomic E-state index is -4.22. The van der Waals surface area contributed by atoms with Crippen molar-refractivity contribution in [3.8, 4) is 0 Å². The van der Waals surface area contributed by atoms with Gasteiger partial charge in [0.1, 0.15) is 26.4 Å². The standard InChI is InChI=1S/C21H42NO9P/c1-9-21(5,17-20(3,4)18(23)28-14-13-27-10-2)19(24)29-15-16-31-32(25,26)30-12-11-22(6,7)8/h9-17H2,1-8H3/p+1. The Morgan fingerprint density at radius 2 is 1.41 bits per heavy atom. The Morgan fingerprint density at radius 1 is 0.875 bits per heavy atom. The molecule has 10 nitrogen and oxygen atoms in total. The molecule has 0 aliphatic rings. The Morgan fingerprint density at radius 3 is 1.94 bits per heavy atom. The van der Waals surface area contributed by atoms with Gasteiger partial charge >= 0.3 is 19.8 Å². The van der Waals surface area contributed by atoms with Gasteiger partial charge < -0.3 is 23.6 Å². The van der Waals surface area contributed by atoms with Crippen LogP contribution in [0.3, 0.4) is 0 Å². The molecule has 2 unspecified atom stereocenters. The van der Waals surface area contributed by atoms with E-state index < -0.39 is 30.6 Å². The molecule has 0 heterocycles. The van der Waals surface area contributed by atoms with E-state index in [1.807, 2.05) is 35.0 Å². The van der Waals surface area contributed by atoms with E-state index in [1.54, 1.807) is 20.8 Å². The molecule has 0 radical (unpaired) electrons. The number of quaternary nitrogens is 1. The molecule has 32 heavy (non-hydrogen) atoms. The van der Waals surface area contributed by atoms with Crippen molar-refractivity contribution in [3.63, 3.8) is 0 Å². The topological polar surface area (TPSA) is 118 Å². The van der Waals surface area contributed by atoms with E-state index in [9.17, 15) is 19.0 Å². The van der Waals surface area contributed by atoms with Gasteiger partial charge in [0.05, 0.1) is 45.2 Å². The van der Waals surface area contributed by atoms with Crippen LogP contribution in [0, 0.1) is 10.8 Å². The van der Waals surface area contributed by atoms with Crippen molar-refractivity contribution < 1.29 is 46.8 Å². The Labute approximate surface area is 192 Å². The number of carbonyl (C=O) groups excluding carboxylic acids is 2. The molecule has 0 bridgehead atoms. The molecular formula is C21H43NO9P+. The zero-order valence-electron chi connectivity index (χ0n) is 21.0. The maximum absolute atomic E-state index is 12.7. The van der Waals surface area contributed by atoms with Crippen LogP contribution in [0.4, 0.5) is 0 Å². The van der Waals surface area contributed by atoms with Crippen LogP contribution in [-0.4, -0.2) is 88.6 Å². The zero-order chi connectivity index (χ0) is 25.1. The molecule has 0 saturated heterocycles. The first-order valence-corrected chi connectivity index (χ1v) is 12.4. The fraction of sp³-hybridized carbons (Fsp3) is 0.905. The molecule has 0 aromatic rings. The molecule has 0 aromatic carbocycles. The van der Waals surface area contributed by atoms with Gasteiger partial charge in [0.25, 0.3) is 0 Å². The third-order valence-electron chi connectivity index (χ3n) is 4.91. The van der Waals surface area contributed by atoms with E-state index in [2.05, 4.69) is 0 Å². The summed E-state index contributed by atoms with van der Waals surface area (Å²) in [5.74, 6) is -0.933. The SMILES string of the molecule is CCOCCOC(=O)C(C)(C)CC(C)(CC)C(=O)OCCOP(=O)(O)OCC[N+](C)(C)C. The van der Waals surface area contributed by atoms with Crippen LogP contribution in [0.15, 0.2) is 0 Å². The molecule has 0 rings (SSSR count). The summed E-state index contributed by atoms with van der Waals surface area (Å²) in [6.07, 6.45) is 0.658. The highest BCUT2D eigenvalue weighted by Gasteiger charge is 2.43. The summed E-state index contributed by atoms with van der Waals surface area (Å²) in [6, 6.07) is 0. The van der Waals surface area contributed by atoms with Gasteiger partial charge in [0, 0.05) is 6.61 Å². The normalized spacial score (nSPS) is 16.2. The molecule has 190 valence electrons. The Hall–Kier alpha value is -1.03. The maximum Gasteiger partial charge on any atom is 0.472 e. The first-order chi connectivity index (χ1) is 14.6. The van der Waals surface area contributed by atoms with E-state index in [1.165, 1.54) is 0 Å². The lowest BCUT2D eigenvalue weighted by Gasteiger charge is -2.33. The van der Waals surface area contributed by atoms with Crippen LogP contribution in [0.1, 0.15) is 47.5 Å². The molecule has 0 saturated carbocycles. The van der Waals surface area contributed by atoms with Crippen LogP contribution < -0.4 is 0 Å². The van der Waals surface area contributed by atoms with Gasteiger partial charge in [-0.05, 0) is 40.5 Å². The minimum absolute atomic E-state index is 0.0563. The molecule has 1 N–H and O–H groups in total. The van der Waals surface area contributed by atoms with Gasteiger partial charge in [-0.3, -0.25) is 18.6 Å². The van der Waals surface area contributed by atoms with E-state index >= 15 is 0 Å². The highest BCUT2D eigenvalue weighted by Crippen LogP contribution is 2.43. The van der Waals surface area contributed by atoms with Crippen LogP contribution in [0.25, 0.3) is 0 Å². The number of likely N-dealkylation sites (N-methyl/N-ethyl adjacent to an activating group) is 1. The quantitative estimate of drug-likeness (QED) is 0.144. The van der Waals surface area contributed by atoms with Crippen molar-refractivity contribution in [1.82, 2.24) is 0 Å². The second-order valence-corrected chi connectivity index (χ2v) is 11.0. The maximum atomic E-state index is 12.7. The van der Waals surface area contributed by atoms with Crippen molar-refractivity contribution >= 4 is 19.8 Å². The number of phosphoric ester groups is 1. The van der Waals surface area contributed by atoms with E-state index in [4.69, 9.17) is 23.3 Å². The number of phosphoric acid groups is 1. The zero-order valence-corrected chi connectivity index (χ0v) is 21.9. The Bertz CT molecular complexity index is 633. The second kappa shape index (κ2) is 13.6. The second-order valence-electron chi connectivity index (χ2n) is 9.59. The monoisotopic (exact) mass is 484 g/mol. The molecule has 11 heteroatoms. The molecule has 0 amide bonds. The molecule has 0 aliphatic heterocycles. The summed E-state index contributed by atoms with van der Waals surface area (Å²) in [5.41, 5.74) is -1.85. The average molecular weight is 485 g/mol. The van der Waals surface area contributed by atoms with Gasteiger partial charge in [-0.15, -0.1) is 0 Å². The largest absolute Gasteiger partial charge is 0.472 e. The summed E-state index contributed by atoms with van der Waals surface area (Å²) in [4.78, 5) is 34.8. The van der Waals surface area contributed by atoms with Crippen LogP contribution in [0.2, 0.25) is 0 Å². The van der Waals surface area contributed by atoms with E-state index in [-0.39, 0.29) is 32.8 Å². The Balaban J connectivity index is 4.61. The van der Waals surface area contributed by atoms with Crippen molar-refractivity contribution in [1.29, 1.82) is 0 Å². The molecule has 0 fully saturated rings. The fourth-order valence-corrected chi connectivity index (χ4v) is 3.54. The highest BCUT2D eigenvalue weighted by atomic mass is 31.2. The van der Waals surface area contributed by atoms with Crippen molar-refractivity contribution in [2.45, 2.75) is 47.5 Å². The van der Waals surface area contributed by atoms with Gasteiger partial charge in [0.15, 0.2) is 0 Å². The number of rotatable bonds is 17. The first-order valence-electron chi connectivity index (χ1n) is 10.9. The van der Waals surface area contributed by atoms with Gasteiger partial charge in [-0.25, -0.2) is 4.57 Å². The molecule has 0 aliphatic carbocycles. The van der Waals surface area contributed by atoms with Crippen LogP contribution >= 0.6 is 7.82 Å². The molecule has 0 aromatic heterocycles. The number of hydrogen-bond acceptors (Lipinski definition) is 8. The molecular weight excluding hydrogens is 441 g/mol. The summed E-state index contributed by atoms with van der Waals surface area (Å²) >= 11 is 0. The number of ether oxygens (including phenoxy) is 3. The van der Waals surface area contributed by atoms with Crippen molar-refractivity contribution in [2.75, 3.05) is 67.3 Å². The average Bonchev–Trinajstić information content (AvgIpc) is 2.66. The summed E-state index contributed by atoms with van der Waals surface area (Å²) in [7, 11) is 1.57. The number of carbonyl (C=O) groups is 2. The van der Waals surface area contributed by atoms with E-state index in [0.29, 0.717) is 30.7 Å². The van der Waals surface area contributed by atoms with Crippen molar-refractivity contribution in [2.24, 2.45) is 10.8 Å². The summed E-state index contributed by atoms with van der Waals surface area (Å²) in [5, 5.41) is 0. The van der Waals surface area contributed by atoms with Gasteiger partial charge in [0.2, 0.25) is 0 Å². The predicted octanol–water partition coefficient (Wildman–Crippen LogP) is 2.78. The number of nitrogens with zero attached hydrogens (tertiary/aromatic N) is 1. The summed E-state index contributed by atoms with van der Waals surface area (Å²) < 4.78 is 37.9. The van der Waals surface area contributed by atoms with Crippen molar-refractivity contribution in [3.05, 3.63) is 0 Å². The summed E-state index contributed by atoms with van der Waals surface area (Å²) in [6.45, 7) is 9.94. The lowest BCUT2D eigenvalue weighted by molar-refractivity contribution is -0.870. The Kier molecular flexibility index (Phi) is 13.2. The van der Waals surface area contributed by atoms with Crippen LogP contribution in [-0.2, 0) is 37.4 Å². The number of hydrogen-bond donors (Lipinski definition) is 1. The smallest absolute Gasteiger partial charge is 0.463 e. The van der Waals surface area contributed by atoms with Gasteiger partial charge in [-0.2, -0.15) is 0 Å². The first kappa shape index (κ1) is 31.0. The highest BCUT2D eigenvalue weighted by molar-refractivity contribution is 7.47. The fourth-order valence-electron chi connectivity index (χ4n) is 2.85. The molecule has 0 spiro atoms. The minimum Gasteiger partial charge on any atom is -0.463 e.